The fourth-order valence-corrected chi connectivity index (χ4v) is 1.86. The second-order valence-electron chi connectivity index (χ2n) is 3.52. The summed E-state index contributed by atoms with van der Waals surface area (Å²) in [5.74, 6) is 0.446. The molecule has 1 saturated carbocycles. The fourth-order valence-electron chi connectivity index (χ4n) is 1.86. The Hall–Kier alpha value is -1.25. The zero-order valence-corrected chi connectivity index (χ0v) is 7.57. The third-order valence-electron chi connectivity index (χ3n) is 2.60. The van der Waals surface area contributed by atoms with E-state index in [0.717, 1.165) is 12.8 Å². The summed E-state index contributed by atoms with van der Waals surface area (Å²) in [5.41, 5.74) is 2.91. The summed E-state index contributed by atoms with van der Waals surface area (Å²) in [4.78, 5) is 11.8. The van der Waals surface area contributed by atoms with Gasteiger partial charge in [-0.05, 0) is 25.0 Å². The summed E-state index contributed by atoms with van der Waals surface area (Å²) in [6.45, 7) is 0. The molecule has 1 aliphatic carbocycles. The highest BCUT2D eigenvalue weighted by molar-refractivity contribution is 5.79. The van der Waals surface area contributed by atoms with E-state index in [1.54, 1.807) is 17.4 Å². The van der Waals surface area contributed by atoms with E-state index in [2.05, 4.69) is 5.43 Å². The van der Waals surface area contributed by atoms with Crippen molar-refractivity contribution in [1.82, 2.24) is 10.4 Å². The molecule has 13 heavy (non-hydrogen) atoms. The first-order chi connectivity index (χ1) is 6.38. The van der Waals surface area contributed by atoms with Gasteiger partial charge in [-0.25, -0.2) is 5.01 Å². The third-order valence-corrected chi connectivity index (χ3v) is 2.60. The number of nitrogens with one attached hydrogen (secondary N) is 1. The van der Waals surface area contributed by atoms with Crippen molar-refractivity contribution in [2.45, 2.75) is 25.7 Å². The SMILES string of the molecule is O=C(C1CCCC1)N1C=CC=CN1. The molecule has 3 heteroatoms. The number of allylic oxidation sites excluding steroid dienone is 2. The molecule has 0 spiro atoms. The normalized spacial score (nSPS) is 22.0. The zero-order chi connectivity index (χ0) is 9.10. The largest absolute Gasteiger partial charge is 0.299 e. The van der Waals surface area contributed by atoms with Crippen LogP contribution in [0.15, 0.2) is 24.6 Å². The van der Waals surface area contributed by atoms with Gasteiger partial charge in [0.2, 0.25) is 5.91 Å². The number of amides is 1. The maximum Gasteiger partial charge on any atom is 0.248 e. The Kier molecular flexibility index (Phi) is 2.34. The van der Waals surface area contributed by atoms with Crippen molar-refractivity contribution in [1.29, 1.82) is 0 Å². The molecule has 0 aromatic carbocycles. The molecular formula is C10H14N2O. The number of carbonyl (C=O) groups excluding carboxylic acids is 1. The topological polar surface area (TPSA) is 32.3 Å². The number of hydrogen-bond donors (Lipinski definition) is 1. The summed E-state index contributed by atoms with van der Waals surface area (Å²) in [5, 5.41) is 1.58. The van der Waals surface area contributed by atoms with Crippen molar-refractivity contribution in [3.8, 4) is 0 Å². The van der Waals surface area contributed by atoms with Gasteiger partial charge in [0, 0.05) is 18.3 Å². The molecule has 3 nitrogen and oxygen atoms in total. The Morgan fingerprint density at radius 2 is 2.08 bits per heavy atom. The first-order valence-electron chi connectivity index (χ1n) is 4.80. The molecule has 0 radical (unpaired) electrons. The number of rotatable bonds is 1. The zero-order valence-electron chi connectivity index (χ0n) is 7.57. The number of hydrazine groups is 1. The summed E-state index contributed by atoms with van der Waals surface area (Å²) < 4.78 is 0. The second-order valence-corrected chi connectivity index (χ2v) is 3.52. The molecule has 1 amide bonds. The summed E-state index contributed by atoms with van der Waals surface area (Å²) in [6, 6.07) is 0. The maximum atomic E-state index is 11.8. The summed E-state index contributed by atoms with van der Waals surface area (Å²) in [7, 11) is 0. The molecule has 0 atom stereocenters. The average Bonchev–Trinajstić information content (AvgIpc) is 2.71. The van der Waals surface area contributed by atoms with E-state index in [4.69, 9.17) is 0 Å². The fraction of sp³-hybridized carbons (Fsp3) is 0.500. The van der Waals surface area contributed by atoms with E-state index >= 15 is 0 Å². The Morgan fingerprint density at radius 3 is 2.69 bits per heavy atom. The van der Waals surface area contributed by atoms with Crippen molar-refractivity contribution >= 4 is 5.91 Å². The van der Waals surface area contributed by atoms with E-state index in [-0.39, 0.29) is 11.8 Å². The highest BCUT2D eigenvalue weighted by Gasteiger charge is 2.26. The van der Waals surface area contributed by atoms with E-state index in [9.17, 15) is 4.79 Å². The monoisotopic (exact) mass is 178 g/mol. The first-order valence-corrected chi connectivity index (χ1v) is 4.80. The lowest BCUT2D eigenvalue weighted by Crippen LogP contribution is -2.39. The van der Waals surface area contributed by atoms with E-state index in [1.165, 1.54) is 12.8 Å². The van der Waals surface area contributed by atoms with Gasteiger partial charge in [0.25, 0.3) is 0 Å². The first kappa shape index (κ1) is 8.35. The van der Waals surface area contributed by atoms with Gasteiger partial charge in [0.1, 0.15) is 0 Å². The quantitative estimate of drug-likeness (QED) is 0.660. The minimum absolute atomic E-state index is 0.207. The molecule has 0 aromatic heterocycles. The minimum atomic E-state index is 0.207. The van der Waals surface area contributed by atoms with Gasteiger partial charge in [-0.3, -0.25) is 10.2 Å². The van der Waals surface area contributed by atoms with Crippen LogP contribution in [0.4, 0.5) is 0 Å². The van der Waals surface area contributed by atoms with Gasteiger partial charge in [-0.1, -0.05) is 12.8 Å². The Balaban J connectivity index is 1.96. The van der Waals surface area contributed by atoms with E-state index in [1.807, 2.05) is 12.2 Å². The van der Waals surface area contributed by atoms with Crippen LogP contribution in [0.5, 0.6) is 0 Å². The van der Waals surface area contributed by atoms with Gasteiger partial charge in [0.15, 0.2) is 0 Å². The Bertz CT molecular complexity index is 252. The Morgan fingerprint density at radius 1 is 1.31 bits per heavy atom. The molecule has 1 N–H and O–H groups in total. The summed E-state index contributed by atoms with van der Waals surface area (Å²) in [6.07, 6.45) is 11.8. The van der Waals surface area contributed by atoms with Crippen molar-refractivity contribution in [2.24, 2.45) is 5.92 Å². The van der Waals surface area contributed by atoms with Crippen LogP contribution in [0.1, 0.15) is 25.7 Å². The van der Waals surface area contributed by atoms with Gasteiger partial charge >= 0.3 is 0 Å². The molecule has 1 fully saturated rings. The van der Waals surface area contributed by atoms with Crippen LogP contribution in [0.3, 0.4) is 0 Å². The van der Waals surface area contributed by atoms with Crippen LogP contribution >= 0.6 is 0 Å². The second kappa shape index (κ2) is 3.64. The molecule has 1 aliphatic heterocycles. The molecular weight excluding hydrogens is 164 g/mol. The molecule has 0 bridgehead atoms. The lowest BCUT2D eigenvalue weighted by atomic mass is 10.1. The lowest BCUT2D eigenvalue weighted by Gasteiger charge is -2.22. The molecule has 2 aliphatic rings. The Labute approximate surface area is 78.1 Å². The van der Waals surface area contributed by atoms with E-state index in [0.29, 0.717) is 0 Å². The van der Waals surface area contributed by atoms with E-state index < -0.39 is 0 Å². The van der Waals surface area contributed by atoms with Crippen LogP contribution in [-0.4, -0.2) is 10.9 Å². The van der Waals surface area contributed by atoms with Crippen LogP contribution in [0.25, 0.3) is 0 Å². The van der Waals surface area contributed by atoms with Gasteiger partial charge in [-0.15, -0.1) is 0 Å². The highest BCUT2D eigenvalue weighted by atomic mass is 16.2. The molecule has 70 valence electrons. The van der Waals surface area contributed by atoms with Gasteiger partial charge in [0.05, 0.1) is 0 Å². The number of hydrogen-bond acceptors (Lipinski definition) is 2. The predicted octanol–water partition coefficient (Wildman–Crippen LogP) is 1.55. The van der Waals surface area contributed by atoms with Crippen LogP contribution in [-0.2, 0) is 4.79 Å². The standard InChI is InChI=1S/C10H14N2O/c13-10(9-5-1-2-6-9)12-8-4-3-7-11-12/h3-4,7-9,11H,1-2,5-6H2. The molecule has 2 rings (SSSR count). The highest BCUT2D eigenvalue weighted by Crippen LogP contribution is 2.26. The minimum Gasteiger partial charge on any atom is -0.299 e. The number of nitrogens with zero attached hydrogens (tertiary/aromatic N) is 1. The average molecular weight is 178 g/mol. The van der Waals surface area contributed by atoms with Crippen LogP contribution < -0.4 is 5.43 Å². The molecule has 0 saturated heterocycles. The van der Waals surface area contributed by atoms with Crippen LogP contribution in [0.2, 0.25) is 0 Å². The smallest absolute Gasteiger partial charge is 0.248 e. The molecule has 0 unspecified atom stereocenters. The number of carbonyl (C=O) groups is 1. The van der Waals surface area contributed by atoms with Gasteiger partial charge < -0.3 is 0 Å². The third kappa shape index (κ3) is 1.74. The lowest BCUT2D eigenvalue weighted by molar-refractivity contribution is -0.134. The van der Waals surface area contributed by atoms with Crippen molar-refractivity contribution in [2.75, 3.05) is 0 Å². The van der Waals surface area contributed by atoms with Crippen molar-refractivity contribution in [3.05, 3.63) is 24.6 Å². The van der Waals surface area contributed by atoms with Gasteiger partial charge in [-0.2, -0.15) is 0 Å². The molecule has 1 heterocycles. The maximum absolute atomic E-state index is 11.8. The predicted molar refractivity (Wildman–Crippen MR) is 50.2 cm³/mol. The van der Waals surface area contributed by atoms with Crippen molar-refractivity contribution in [3.63, 3.8) is 0 Å². The molecule has 0 aromatic rings. The van der Waals surface area contributed by atoms with Crippen LogP contribution in [0, 0.1) is 5.92 Å². The summed E-state index contributed by atoms with van der Waals surface area (Å²) >= 11 is 0. The van der Waals surface area contributed by atoms with Crippen molar-refractivity contribution < 1.29 is 4.79 Å².